The van der Waals surface area contributed by atoms with Crippen LogP contribution in [0, 0.1) is 5.92 Å². The number of piperidine rings is 1. The number of benzene rings is 1. The summed E-state index contributed by atoms with van der Waals surface area (Å²) >= 11 is 1.43. The lowest BCUT2D eigenvalue weighted by molar-refractivity contribution is -0.118. The van der Waals surface area contributed by atoms with Gasteiger partial charge in [-0.25, -0.2) is 4.98 Å². The van der Waals surface area contributed by atoms with Crippen LogP contribution < -0.4 is 10.1 Å². The Morgan fingerprint density at radius 2 is 1.96 bits per heavy atom. The SMILES string of the molecule is CCC(=O)c1ccc(OCC(=O)Nc2nc(CN3CCC(C)CC3)cs2)cc1. The fourth-order valence-electron chi connectivity index (χ4n) is 3.13. The zero-order valence-corrected chi connectivity index (χ0v) is 17.3. The Hall–Kier alpha value is -2.25. The third-order valence-corrected chi connectivity index (χ3v) is 5.73. The topological polar surface area (TPSA) is 71.5 Å². The van der Waals surface area contributed by atoms with Crippen LogP contribution in [0.5, 0.6) is 5.75 Å². The average molecular weight is 402 g/mol. The molecule has 1 aliphatic rings. The third kappa shape index (κ3) is 5.87. The summed E-state index contributed by atoms with van der Waals surface area (Å²) < 4.78 is 5.49. The third-order valence-electron chi connectivity index (χ3n) is 4.93. The van der Waals surface area contributed by atoms with E-state index in [0.717, 1.165) is 31.2 Å². The Balaban J connectivity index is 1.43. The number of ketones is 1. The summed E-state index contributed by atoms with van der Waals surface area (Å²) in [4.78, 5) is 30.7. The minimum absolute atomic E-state index is 0.0860. The number of nitrogens with zero attached hydrogens (tertiary/aromatic N) is 2. The van der Waals surface area contributed by atoms with Crippen molar-refractivity contribution in [3.05, 3.63) is 40.9 Å². The van der Waals surface area contributed by atoms with Crippen molar-refractivity contribution in [2.24, 2.45) is 5.92 Å². The highest BCUT2D eigenvalue weighted by molar-refractivity contribution is 7.13. The second-order valence-corrected chi connectivity index (χ2v) is 8.10. The predicted molar refractivity (Wildman–Crippen MR) is 111 cm³/mol. The molecule has 2 heterocycles. The number of hydrogen-bond acceptors (Lipinski definition) is 6. The van der Waals surface area contributed by atoms with Gasteiger partial charge in [0.05, 0.1) is 5.69 Å². The van der Waals surface area contributed by atoms with E-state index in [0.29, 0.717) is 22.9 Å². The molecular weight excluding hydrogens is 374 g/mol. The molecule has 1 aromatic carbocycles. The van der Waals surface area contributed by atoms with E-state index in [1.54, 1.807) is 24.3 Å². The van der Waals surface area contributed by atoms with Crippen molar-refractivity contribution in [1.29, 1.82) is 0 Å². The lowest BCUT2D eigenvalue weighted by atomic mass is 9.99. The number of thiazole rings is 1. The number of amides is 1. The van der Waals surface area contributed by atoms with E-state index in [1.807, 2.05) is 12.3 Å². The van der Waals surface area contributed by atoms with Gasteiger partial charge in [-0.1, -0.05) is 13.8 Å². The molecule has 0 atom stereocenters. The minimum Gasteiger partial charge on any atom is -0.484 e. The lowest BCUT2D eigenvalue weighted by Crippen LogP contribution is -2.32. The van der Waals surface area contributed by atoms with Gasteiger partial charge in [0.2, 0.25) is 0 Å². The molecule has 7 heteroatoms. The van der Waals surface area contributed by atoms with Crippen LogP contribution in [-0.2, 0) is 11.3 Å². The van der Waals surface area contributed by atoms with Crippen molar-refractivity contribution < 1.29 is 14.3 Å². The highest BCUT2D eigenvalue weighted by Gasteiger charge is 2.17. The molecule has 2 aromatic rings. The quantitative estimate of drug-likeness (QED) is 0.677. The number of carbonyl (C=O) groups excluding carboxylic acids is 2. The number of Topliss-reactive ketones (excluding diaryl/α,β-unsaturated/α-hetero) is 1. The molecule has 1 amide bonds. The molecule has 0 radical (unpaired) electrons. The number of ether oxygens (including phenoxy) is 1. The fraction of sp³-hybridized carbons (Fsp3) is 0.476. The largest absolute Gasteiger partial charge is 0.484 e. The van der Waals surface area contributed by atoms with Gasteiger partial charge in [0.1, 0.15) is 5.75 Å². The van der Waals surface area contributed by atoms with Gasteiger partial charge in [0.15, 0.2) is 17.5 Å². The van der Waals surface area contributed by atoms with Crippen LogP contribution in [-0.4, -0.2) is 41.3 Å². The van der Waals surface area contributed by atoms with Gasteiger partial charge in [-0.3, -0.25) is 19.8 Å². The fourth-order valence-corrected chi connectivity index (χ4v) is 3.85. The molecule has 1 N–H and O–H groups in total. The number of anilines is 1. The monoisotopic (exact) mass is 401 g/mol. The second kappa shape index (κ2) is 9.80. The first-order chi connectivity index (χ1) is 13.5. The molecule has 1 saturated heterocycles. The van der Waals surface area contributed by atoms with Crippen LogP contribution in [0.4, 0.5) is 5.13 Å². The molecule has 150 valence electrons. The second-order valence-electron chi connectivity index (χ2n) is 7.24. The number of aromatic nitrogens is 1. The van der Waals surface area contributed by atoms with Crippen molar-refractivity contribution in [2.45, 2.75) is 39.7 Å². The van der Waals surface area contributed by atoms with Crippen LogP contribution in [0.15, 0.2) is 29.6 Å². The maximum Gasteiger partial charge on any atom is 0.264 e. The summed E-state index contributed by atoms with van der Waals surface area (Å²) in [5, 5.41) is 5.38. The van der Waals surface area contributed by atoms with Crippen molar-refractivity contribution >= 4 is 28.2 Å². The molecule has 28 heavy (non-hydrogen) atoms. The predicted octanol–water partition coefficient (Wildman–Crippen LogP) is 3.99. The summed E-state index contributed by atoms with van der Waals surface area (Å²) in [6.07, 6.45) is 2.94. The summed E-state index contributed by atoms with van der Waals surface area (Å²) in [7, 11) is 0. The molecule has 1 aliphatic heterocycles. The summed E-state index contributed by atoms with van der Waals surface area (Å²) in [6, 6.07) is 6.84. The Morgan fingerprint density at radius 1 is 1.25 bits per heavy atom. The number of hydrogen-bond donors (Lipinski definition) is 1. The van der Waals surface area contributed by atoms with Crippen LogP contribution in [0.3, 0.4) is 0 Å². The number of likely N-dealkylation sites (tertiary alicyclic amines) is 1. The lowest BCUT2D eigenvalue weighted by Gasteiger charge is -2.29. The Kier molecular flexibility index (Phi) is 7.17. The van der Waals surface area contributed by atoms with Gasteiger partial charge < -0.3 is 4.74 Å². The van der Waals surface area contributed by atoms with E-state index in [-0.39, 0.29) is 18.3 Å². The van der Waals surface area contributed by atoms with Crippen molar-refractivity contribution in [2.75, 3.05) is 25.0 Å². The molecule has 0 unspecified atom stereocenters. The smallest absolute Gasteiger partial charge is 0.264 e. The summed E-state index contributed by atoms with van der Waals surface area (Å²) in [6.45, 7) is 7.08. The highest BCUT2D eigenvalue weighted by atomic mass is 32.1. The number of nitrogens with one attached hydrogen (secondary N) is 1. The maximum absolute atomic E-state index is 12.1. The van der Waals surface area contributed by atoms with Crippen molar-refractivity contribution in [3.63, 3.8) is 0 Å². The molecule has 6 nitrogen and oxygen atoms in total. The zero-order valence-electron chi connectivity index (χ0n) is 16.4. The maximum atomic E-state index is 12.1. The molecule has 1 fully saturated rings. The van der Waals surface area contributed by atoms with Crippen LogP contribution in [0.1, 0.15) is 49.2 Å². The first-order valence-corrected chi connectivity index (χ1v) is 10.6. The van der Waals surface area contributed by atoms with Gasteiger partial charge in [0.25, 0.3) is 5.91 Å². The molecule has 0 saturated carbocycles. The summed E-state index contributed by atoms with van der Waals surface area (Å²) in [5.74, 6) is 1.20. The Labute approximate surface area is 169 Å². The number of rotatable bonds is 8. The molecule has 0 spiro atoms. The van der Waals surface area contributed by atoms with Crippen molar-refractivity contribution in [1.82, 2.24) is 9.88 Å². The van der Waals surface area contributed by atoms with Gasteiger partial charge in [-0.15, -0.1) is 11.3 Å². The Bertz CT molecular complexity index is 795. The zero-order chi connectivity index (χ0) is 19.9. The van der Waals surface area contributed by atoms with Gasteiger partial charge >= 0.3 is 0 Å². The highest BCUT2D eigenvalue weighted by Crippen LogP contribution is 2.21. The van der Waals surface area contributed by atoms with E-state index >= 15 is 0 Å². The minimum atomic E-state index is -0.249. The molecule has 3 rings (SSSR count). The average Bonchev–Trinajstić information content (AvgIpc) is 3.14. The van der Waals surface area contributed by atoms with E-state index in [4.69, 9.17) is 4.74 Å². The van der Waals surface area contributed by atoms with Gasteiger partial charge in [-0.05, 0) is 56.1 Å². The van der Waals surface area contributed by atoms with Crippen LogP contribution in [0.2, 0.25) is 0 Å². The van der Waals surface area contributed by atoms with Crippen LogP contribution in [0.25, 0.3) is 0 Å². The number of carbonyl (C=O) groups is 2. The normalized spacial score (nSPS) is 15.4. The summed E-state index contributed by atoms with van der Waals surface area (Å²) in [5.41, 5.74) is 1.64. The van der Waals surface area contributed by atoms with E-state index in [2.05, 4.69) is 22.1 Å². The van der Waals surface area contributed by atoms with Gasteiger partial charge in [-0.2, -0.15) is 0 Å². The first kappa shape index (κ1) is 20.5. The van der Waals surface area contributed by atoms with Crippen molar-refractivity contribution in [3.8, 4) is 5.75 Å². The molecule has 0 aliphatic carbocycles. The van der Waals surface area contributed by atoms with E-state index in [9.17, 15) is 9.59 Å². The van der Waals surface area contributed by atoms with Crippen LogP contribution >= 0.6 is 11.3 Å². The standard InChI is InChI=1S/C21H27N3O3S/c1-3-19(25)16-4-6-18(7-5-16)27-13-20(26)23-21-22-17(14-28-21)12-24-10-8-15(2)9-11-24/h4-7,14-15H,3,8-13H2,1-2H3,(H,22,23,26). The first-order valence-electron chi connectivity index (χ1n) is 9.76. The molecular formula is C21H27N3O3S. The molecule has 0 bridgehead atoms. The van der Waals surface area contributed by atoms with E-state index < -0.39 is 0 Å². The van der Waals surface area contributed by atoms with E-state index in [1.165, 1.54) is 24.2 Å². The van der Waals surface area contributed by atoms with Gasteiger partial charge in [0, 0.05) is 23.9 Å². The Morgan fingerprint density at radius 3 is 2.64 bits per heavy atom. The molecule has 1 aromatic heterocycles.